The van der Waals surface area contributed by atoms with Crippen molar-refractivity contribution in [3.05, 3.63) is 52.2 Å². The molecule has 0 unspecified atom stereocenters. The number of amides is 2. The summed E-state index contributed by atoms with van der Waals surface area (Å²) in [6, 6.07) is 8.54. The van der Waals surface area contributed by atoms with E-state index in [-0.39, 0.29) is 12.3 Å². The van der Waals surface area contributed by atoms with Crippen molar-refractivity contribution in [2.45, 2.75) is 20.3 Å². The fourth-order valence-electron chi connectivity index (χ4n) is 2.13. The van der Waals surface area contributed by atoms with Crippen LogP contribution in [-0.4, -0.2) is 30.9 Å². The molecule has 1 aromatic carbocycles. The molecule has 2 amide bonds. The Morgan fingerprint density at radius 1 is 1.15 bits per heavy atom. The molecule has 0 bridgehead atoms. The zero-order valence-electron chi connectivity index (χ0n) is 14.8. The Bertz CT molecular complexity index is 757. The van der Waals surface area contributed by atoms with Gasteiger partial charge in [0.05, 0.1) is 17.7 Å². The number of nitrogens with one attached hydrogen (secondary N) is 2. The van der Waals surface area contributed by atoms with Crippen LogP contribution < -0.4 is 10.6 Å². The monoisotopic (exact) mass is 374 g/mol. The second-order valence-electron chi connectivity index (χ2n) is 6.17. The summed E-state index contributed by atoms with van der Waals surface area (Å²) in [4.78, 5) is 36.0. The number of para-hydroxylation sites is 1. The first kappa shape index (κ1) is 19.7. The molecule has 138 valence electrons. The van der Waals surface area contributed by atoms with Gasteiger partial charge in [-0.15, -0.1) is 0 Å². The highest BCUT2D eigenvalue weighted by atomic mass is 32.1. The van der Waals surface area contributed by atoms with Crippen LogP contribution in [0.3, 0.4) is 0 Å². The minimum Gasteiger partial charge on any atom is -0.455 e. The number of ether oxygens (including phenoxy) is 1. The van der Waals surface area contributed by atoms with E-state index in [0.29, 0.717) is 23.7 Å². The quantitative estimate of drug-likeness (QED) is 0.696. The molecule has 0 aliphatic heterocycles. The molecule has 7 heteroatoms. The summed E-state index contributed by atoms with van der Waals surface area (Å²) < 4.78 is 4.98. The average Bonchev–Trinajstić information content (AvgIpc) is 3.11. The molecule has 2 N–H and O–H groups in total. The minimum atomic E-state index is -0.493. The summed E-state index contributed by atoms with van der Waals surface area (Å²) in [7, 11) is 0. The molecule has 1 heterocycles. The molecule has 0 spiro atoms. The summed E-state index contributed by atoms with van der Waals surface area (Å²) in [5.74, 6) is -0.901. The summed E-state index contributed by atoms with van der Waals surface area (Å²) >= 11 is 1.49. The Morgan fingerprint density at radius 3 is 2.62 bits per heavy atom. The third-order valence-electron chi connectivity index (χ3n) is 3.41. The van der Waals surface area contributed by atoms with E-state index in [0.717, 1.165) is 5.56 Å². The van der Waals surface area contributed by atoms with Crippen molar-refractivity contribution < 1.29 is 19.1 Å². The van der Waals surface area contributed by atoms with Gasteiger partial charge in [0.2, 0.25) is 0 Å². The average molecular weight is 374 g/mol. The number of benzene rings is 1. The first-order valence-corrected chi connectivity index (χ1v) is 9.23. The van der Waals surface area contributed by atoms with E-state index < -0.39 is 18.5 Å². The lowest BCUT2D eigenvalue weighted by Gasteiger charge is -2.12. The maximum Gasteiger partial charge on any atom is 0.310 e. The van der Waals surface area contributed by atoms with Gasteiger partial charge >= 0.3 is 5.97 Å². The van der Waals surface area contributed by atoms with Crippen LogP contribution in [0.4, 0.5) is 5.69 Å². The lowest BCUT2D eigenvalue weighted by atomic mass is 10.1. The first-order valence-electron chi connectivity index (χ1n) is 8.29. The standard InChI is InChI=1S/C19H22N2O4S/c1-13(2)10-20-19(24)15-5-3-4-6-16(15)21-17(22)11-25-18(23)9-14-7-8-26-12-14/h3-8,12-13H,9-11H2,1-2H3,(H,20,24)(H,21,22). The molecule has 0 aliphatic carbocycles. The molecule has 1 aromatic heterocycles. The van der Waals surface area contributed by atoms with Gasteiger partial charge in [-0.1, -0.05) is 26.0 Å². The molecule has 2 aromatic rings. The van der Waals surface area contributed by atoms with Gasteiger partial charge < -0.3 is 15.4 Å². The van der Waals surface area contributed by atoms with Crippen LogP contribution in [0.25, 0.3) is 0 Å². The van der Waals surface area contributed by atoms with Gasteiger partial charge in [-0.25, -0.2) is 0 Å². The van der Waals surface area contributed by atoms with Crippen LogP contribution in [0.5, 0.6) is 0 Å². The third-order valence-corrected chi connectivity index (χ3v) is 4.14. The number of rotatable bonds is 8. The van der Waals surface area contributed by atoms with Gasteiger partial charge in [0.1, 0.15) is 0 Å². The highest BCUT2D eigenvalue weighted by Gasteiger charge is 2.14. The largest absolute Gasteiger partial charge is 0.455 e. The molecular weight excluding hydrogens is 352 g/mol. The predicted molar refractivity (Wildman–Crippen MR) is 101 cm³/mol. The zero-order valence-corrected chi connectivity index (χ0v) is 15.6. The zero-order chi connectivity index (χ0) is 18.9. The molecule has 0 aliphatic rings. The van der Waals surface area contributed by atoms with Crippen molar-refractivity contribution in [2.75, 3.05) is 18.5 Å². The number of thiophene rings is 1. The Hall–Kier alpha value is -2.67. The van der Waals surface area contributed by atoms with E-state index in [2.05, 4.69) is 10.6 Å². The Balaban J connectivity index is 1.88. The van der Waals surface area contributed by atoms with Gasteiger partial charge in [0.15, 0.2) is 6.61 Å². The third kappa shape index (κ3) is 6.33. The molecule has 26 heavy (non-hydrogen) atoms. The maximum absolute atomic E-state index is 12.2. The predicted octanol–water partition coefficient (Wildman–Crippen LogP) is 2.86. The topological polar surface area (TPSA) is 84.5 Å². The molecule has 0 saturated heterocycles. The highest BCUT2D eigenvalue weighted by molar-refractivity contribution is 7.08. The van der Waals surface area contributed by atoms with Crippen molar-refractivity contribution in [1.82, 2.24) is 5.32 Å². The summed E-state index contributed by atoms with van der Waals surface area (Å²) in [5.41, 5.74) is 1.60. The van der Waals surface area contributed by atoms with Crippen LogP contribution in [0.15, 0.2) is 41.1 Å². The lowest BCUT2D eigenvalue weighted by Crippen LogP contribution is -2.29. The van der Waals surface area contributed by atoms with Gasteiger partial charge in [0.25, 0.3) is 11.8 Å². The number of hydrogen-bond acceptors (Lipinski definition) is 5. The molecule has 0 saturated carbocycles. The highest BCUT2D eigenvalue weighted by Crippen LogP contribution is 2.15. The van der Waals surface area contributed by atoms with E-state index in [4.69, 9.17) is 4.74 Å². The molecule has 0 fully saturated rings. The fraction of sp³-hybridized carbons (Fsp3) is 0.316. The second kappa shape index (κ2) is 9.72. The number of esters is 1. The normalized spacial score (nSPS) is 10.4. The van der Waals surface area contributed by atoms with E-state index in [9.17, 15) is 14.4 Å². The van der Waals surface area contributed by atoms with Crippen LogP contribution in [-0.2, 0) is 20.7 Å². The van der Waals surface area contributed by atoms with Crippen molar-refractivity contribution in [3.63, 3.8) is 0 Å². The van der Waals surface area contributed by atoms with E-state index >= 15 is 0 Å². The molecule has 6 nitrogen and oxygen atoms in total. The van der Waals surface area contributed by atoms with Gasteiger partial charge in [-0.3, -0.25) is 14.4 Å². The minimum absolute atomic E-state index is 0.130. The summed E-state index contributed by atoms with van der Waals surface area (Å²) in [6.07, 6.45) is 0.130. The van der Waals surface area contributed by atoms with Crippen LogP contribution in [0.2, 0.25) is 0 Å². The Kier molecular flexibility index (Phi) is 7.35. The maximum atomic E-state index is 12.2. The van der Waals surface area contributed by atoms with Crippen LogP contribution >= 0.6 is 11.3 Å². The van der Waals surface area contributed by atoms with Crippen molar-refractivity contribution in [2.24, 2.45) is 5.92 Å². The Labute approximate surface area is 156 Å². The smallest absolute Gasteiger partial charge is 0.310 e. The van der Waals surface area contributed by atoms with Crippen molar-refractivity contribution >= 4 is 34.8 Å². The Morgan fingerprint density at radius 2 is 1.92 bits per heavy atom. The fourth-order valence-corrected chi connectivity index (χ4v) is 2.79. The van der Waals surface area contributed by atoms with Gasteiger partial charge in [0, 0.05) is 6.54 Å². The first-order chi connectivity index (χ1) is 12.5. The van der Waals surface area contributed by atoms with Crippen molar-refractivity contribution in [3.8, 4) is 0 Å². The summed E-state index contributed by atoms with van der Waals surface area (Å²) in [6.45, 7) is 4.14. The van der Waals surface area contributed by atoms with E-state index in [1.165, 1.54) is 11.3 Å². The van der Waals surface area contributed by atoms with E-state index in [1.807, 2.05) is 30.7 Å². The number of carbonyl (C=O) groups excluding carboxylic acids is 3. The number of anilines is 1. The molecule has 0 atom stereocenters. The van der Waals surface area contributed by atoms with E-state index in [1.54, 1.807) is 24.3 Å². The molecule has 2 rings (SSSR count). The number of hydrogen-bond donors (Lipinski definition) is 2. The molecular formula is C19H22N2O4S. The summed E-state index contributed by atoms with van der Waals surface area (Å²) in [5, 5.41) is 9.16. The number of carbonyl (C=O) groups is 3. The molecule has 0 radical (unpaired) electrons. The second-order valence-corrected chi connectivity index (χ2v) is 6.95. The van der Waals surface area contributed by atoms with Gasteiger partial charge in [-0.2, -0.15) is 11.3 Å². The lowest BCUT2D eigenvalue weighted by molar-refractivity contribution is -0.146. The SMILES string of the molecule is CC(C)CNC(=O)c1ccccc1NC(=O)COC(=O)Cc1ccsc1. The van der Waals surface area contributed by atoms with Crippen LogP contribution in [0, 0.1) is 5.92 Å². The van der Waals surface area contributed by atoms with Crippen molar-refractivity contribution in [1.29, 1.82) is 0 Å². The van der Waals surface area contributed by atoms with Crippen LogP contribution in [0.1, 0.15) is 29.8 Å². The van der Waals surface area contributed by atoms with Gasteiger partial charge in [-0.05, 0) is 40.4 Å².